The van der Waals surface area contributed by atoms with Crippen LogP contribution in [0, 0.1) is 12.3 Å². The molecule has 0 bridgehead atoms. The van der Waals surface area contributed by atoms with Crippen molar-refractivity contribution >= 4 is 11.5 Å². The van der Waals surface area contributed by atoms with Gasteiger partial charge in [0.25, 0.3) is 0 Å². The lowest BCUT2D eigenvalue weighted by molar-refractivity contribution is 0.266. The molecule has 17 heavy (non-hydrogen) atoms. The molecule has 0 radical (unpaired) electrons. The van der Waals surface area contributed by atoms with E-state index in [2.05, 4.69) is 4.90 Å². The molecule has 92 valence electrons. The number of aryl methyl sites for hydroxylation is 1. The Labute approximate surface area is 102 Å². The number of nitrogen functional groups attached to an aromatic ring is 1. The first-order valence-electron chi connectivity index (χ1n) is 5.96. The van der Waals surface area contributed by atoms with E-state index in [1.807, 2.05) is 25.1 Å². The smallest absolute Gasteiger partial charge is 0.122 e. The fourth-order valence-corrected chi connectivity index (χ4v) is 2.49. The number of hydrogen-bond donors (Lipinski definition) is 3. The zero-order chi connectivity index (χ0) is 12.4. The average Bonchev–Trinajstić information content (AvgIpc) is 2.76. The summed E-state index contributed by atoms with van der Waals surface area (Å²) in [7, 11) is 0. The Morgan fingerprint density at radius 3 is 2.94 bits per heavy atom. The third-order valence-electron chi connectivity index (χ3n) is 3.41. The van der Waals surface area contributed by atoms with Crippen molar-refractivity contribution in [2.24, 2.45) is 5.73 Å². The summed E-state index contributed by atoms with van der Waals surface area (Å²) in [5.74, 6) is 0.0970. The summed E-state index contributed by atoms with van der Waals surface area (Å²) in [4.78, 5) is 2.25. The van der Waals surface area contributed by atoms with Crippen LogP contribution in [-0.2, 0) is 0 Å². The number of hydrogen-bond acceptors (Lipinski definition) is 3. The normalized spacial score (nSPS) is 19.6. The van der Waals surface area contributed by atoms with E-state index in [4.69, 9.17) is 11.1 Å². The molecule has 1 unspecified atom stereocenters. The zero-order valence-corrected chi connectivity index (χ0v) is 10.1. The maximum Gasteiger partial charge on any atom is 0.122 e. The highest BCUT2D eigenvalue weighted by molar-refractivity contribution is 5.95. The average molecular weight is 233 g/mol. The first-order valence-corrected chi connectivity index (χ1v) is 5.96. The van der Waals surface area contributed by atoms with Crippen LogP contribution in [0.1, 0.15) is 24.0 Å². The van der Waals surface area contributed by atoms with Crippen molar-refractivity contribution in [3.8, 4) is 0 Å². The summed E-state index contributed by atoms with van der Waals surface area (Å²) in [6.45, 7) is 3.22. The summed E-state index contributed by atoms with van der Waals surface area (Å²) < 4.78 is 0. The van der Waals surface area contributed by atoms with Crippen LogP contribution in [0.5, 0.6) is 0 Å². The second-order valence-electron chi connectivity index (χ2n) is 4.59. The number of aliphatic hydroxyl groups is 1. The van der Waals surface area contributed by atoms with E-state index in [1.165, 1.54) is 0 Å². The molecule has 0 aliphatic carbocycles. The van der Waals surface area contributed by atoms with Gasteiger partial charge in [-0.2, -0.15) is 0 Å². The fourth-order valence-electron chi connectivity index (χ4n) is 2.49. The molecule has 4 heteroatoms. The fraction of sp³-hybridized carbons (Fsp3) is 0.462. The van der Waals surface area contributed by atoms with Crippen LogP contribution in [0.15, 0.2) is 18.2 Å². The summed E-state index contributed by atoms with van der Waals surface area (Å²) in [6, 6.07) is 6.04. The standard InChI is InChI=1S/C13H19N3O/c1-9-7-10(13(14)15)4-5-12(9)16-6-2-3-11(16)8-17/h4-5,7,11,17H,2-3,6,8H2,1H3,(H3,14,15). The minimum Gasteiger partial charge on any atom is -0.394 e. The van der Waals surface area contributed by atoms with Gasteiger partial charge in [0.1, 0.15) is 5.84 Å². The summed E-state index contributed by atoms with van der Waals surface area (Å²) in [6.07, 6.45) is 2.17. The molecule has 1 aromatic rings. The van der Waals surface area contributed by atoms with Crippen LogP contribution in [0.2, 0.25) is 0 Å². The minimum atomic E-state index is 0.0970. The molecule has 1 saturated heterocycles. The van der Waals surface area contributed by atoms with Crippen LogP contribution in [0.3, 0.4) is 0 Å². The molecule has 1 aliphatic rings. The monoisotopic (exact) mass is 233 g/mol. The van der Waals surface area contributed by atoms with Gasteiger partial charge < -0.3 is 15.7 Å². The molecule has 0 amide bonds. The Morgan fingerprint density at radius 1 is 1.59 bits per heavy atom. The molecule has 0 spiro atoms. The van der Waals surface area contributed by atoms with Crippen molar-refractivity contribution in [3.05, 3.63) is 29.3 Å². The molecule has 1 aromatic carbocycles. The Hall–Kier alpha value is -1.55. The van der Waals surface area contributed by atoms with E-state index < -0.39 is 0 Å². The van der Waals surface area contributed by atoms with Crippen LogP contribution in [-0.4, -0.2) is 30.1 Å². The van der Waals surface area contributed by atoms with E-state index >= 15 is 0 Å². The quantitative estimate of drug-likeness (QED) is 0.543. The summed E-state index contributed by atoms with van der Waals surface area (Å²) in [5.41, 5.74) is 8.48. The molecule has 0 aromatic heterocycles. The Balaban J connectivity index is 2.30. The highest BCUT2D eigenvalue weighted by Gasteiger charge is 2.24. The van der Waals surface area contributed by atoms with E-state index in [-0.39, 0.29) is 18.5 Å². The number of rotatable bonds is 3. The van der Waals surface area contributed by atoms with Crippen molar-refractivity contribution in [2.45, 2.75) is 25.8 Å². The molecule has 1 aliphatic heterocycles. The van der Waals surface area contributed by atoms with Gasteiger partial charge in [-0.15, -0.1) is 0 Å². The van der Waals surface area contributed by atoms with Crippen LogP contribution < -0.4 is 10.6 Å². The van der Waals surface area contributed by atoms with Gasteiger partial charge in [-0.1, -0.05) is 0 Å². The second-order valence-corrected chi connectivity index (χ2v) is 4.59. The van der Waals surface area contributed by atoms with E-state index in [0.717, 1.165) is 36.2 Å². The molecule has 1 heterocycles. The van der Waals surface area contributed by atoms with E-state index in [0.29, 0.717) is 0 Å². The number of nitrogens with two attached hydrogens (primary N) is 1. The number of amidine groups is 1. The number of nitrogens with one attached hydrogen (secondary N) is 1. The van der Waals surface area contributed by atoms with Gasteiger partial charge in [0.2, 0.25) is 0 Å². The first kappa shape index (κ1) is 11.9. The molecule has 2 rings (SSSR count). The molecule has 0 saturated carbocycles. The van der Waals surface area contributed by atoms with Crippen LogP contribution in [0.25, 0.3) is 0 Å². The molecule has 4 N–H and O–H groups in total. The second kappa shape index (κ2) is 4.75. The maximum atomic E-state index is 9.34. The zero-order valence-electron chi connectivity index (χ0n) is 10.1. The van der Waals surface area contributed by atoms with Crippen molar-refractivity contribution in [1.29, 1.82) is 5.41 Å². The van der Waals surface area contributed by atoms with Gasteiger partial charge in [-0.3, -0.25) is 5.41 Å². The van der Waals surface area contributed by atoms with Crippen molar-refractivity contribution < 1.29 is 5.11 Å². The Bertz CT molecular complexity index is 431. The third kappa shape index (κ3) is 2.26. The van der Waals surface area contributed by atoms with Gasteiger partial charge in [-0.25, -0.2) is 0 Å². The molecule has 1 fully saturated rings. The van der Waals surface area contributed by atoms with Crippen molar-refractivity contribution in [1.82, 2.24) is 0 Å². The molecule has 1 atom stereocenters. The number of aliphatic hydroxyl groups excluding tert-OH is 1. The summed E-state index contributed by atoms with van der Waals surface area (Å²) >= 11 is 0. The predicted molar refractivity (Wildman–Crippen MR) is 69.6 cm³/mol. The van der Waals surface area contributed by atoms with E-state index in [1.54, 1.807) is 0 Å². The highest BCUT2D eigenvalue weighted by Crippen LogP contribution is 2.28. The highest BCUT2D eigenvalue weighted by atomic mass is 16.3. The minimum absolute atomic E-state index is 0.0970. The van der Waals surface area contributed by atoms with Crippen molar-refractivity contribution in [3.63, 3.8) is 0 Å². The van der Waals surface area contributed by atoms with E-state index in [9.17, 15) is 5.11 Å². The van der Waals surface area contributed by atoms with Crippen LogP contribution in [0.4, 0.5) is 5.69 Å². The lowest BCUT2D eigenvalue weighted by Gasteiger charge is -2.27. The van der Waals surface area contributed by atoms with Gasteiger partial charge >= 0.3 is 0 Å². The Kier molecular flexibility index (Phi) is 3.33. The number of nitrogens with zero attached hydrogens (tertiary/aromatic N) is 1. The van der Waals surface area contributed by atoms with Crippen molar-refractivity contribution in [2.75, 3.05) is 18.1 Å². The van der Waals surface area contributed by atoms with Gasteiger partial charge in [-0.05, 0) is 43.5 Å². The molecular weight excluding hydrogens is 214 g/mol. The topological polar surface area (TPSA) is 73.3 Å². The number of benzene rings is 1. The third-order valence-corrected chi connectivity index (χ3v) is 3.41. The molecular formula is C13H19N3O. The Morgan fingerprint density at radius 2 is 2.35 bits per heavy atom. The van der Waals surface area contributed by atoms with Gasteiger partial charge in [0, 0.05) is 17.8 Å². The van der Waals surface area contributed by atoms with Gasteiger partial charge in [0.05, 0.1) is 12.6 Å². The summed E-state index contributed by atoms with van der Waals surface area (Å²) in [5, 5.41) is 16.7. The largest absolute Gasteiger partial charge is 0.394 e. The molecule has 4 nitrogen and oxygen atoms in total. The maximum absolute atomic E-state index is 9.34. The lowest BCUT2D eigenvalue weighted by atomic mass is 10.1. The van der Waals surface area contributed by atoms with Crippen LogP contribution >= 0.6 is 0 Å². The lowest BCUT2D eigenvalue weighted by Crippen LogP contribution is -2.32. The SMILES string of the molecule is Cc1cc(C(=N)N)ccc1N1CCCC1CO. The number of anilines is 1. The first-order chi connectivity index (χ1) is 8.13. The predicted octanol–water partition coefficient (Wildman–Crippen LogP) is 1.24. The van der Waals surface area contributed by atoms with Gasteiger partial charge in [0.15, 0.2) is 0 Å².